The van der Waals surface area contributed by atoms with E-state index in [1.165, 1.54) is 5.56 Å². The lowest BCUT2D eigenvalue weighted by atomic mass is 9.62. The third kappa shape index (κ3) is 5.69. The number of nitrogens with zero attached hydrogens (tertiary/aromatic N) is 1. The Balaban J connectivity index is 2.73. The maximum Gasteiger partial charge on any atom is 0.123 e. The van der Waals surface area contributed by atoms with Crippen molar-refractivity contribution < 1.29 is 9.84 Å². The van der Waals surface area contributed by atoms with Gasteiger partial charge in [-0.3, -0.25) is 4.90 Å². The molecule has 0 radical (unpaired) electrons. The molecule has 0 saturated heterocycles. The number of rotatable bonds is 9. The normalized spacial score (nSPS) is 14.5. The van der Waals surface area contributed by atoms with Crippen LogP contribution in [-0.2, 0) is 0 Å². The van der Waals surface area contributed by atoms with Crippen LogP contribution in [0.1, 0.15) is 67.0 Å². The highest BCUT2D eigenvalue weighted by atomic mass is 16.5. The molecule has 0 aromatic heterocycles. The Morgan fingerprint density at radius 1 is 1.07 bits per heavy atom. The van der Waals surface area contributed by atoms with E-state index in [0.717, 1.165) is 25.4 Å². The number of aliphatic hydroxyl groups is 1. The lowest BCUT2D eigenvalue weighted by molar-refractivity contribution is -0.133. The SMILES string of the molecule is CCN(CCNCC(O)(C(C)(C)C)C(C)(C)C)[C@@H](C)c1ccccc1OC. The van der Waals surface area contributed by atoms with Gasteiger partial charge in [0.05, 0.1) is 12.7 Å². The van der Waals surface area contributed by atoms with Gasteiger partial charge in [0.25, 0.3) is 0 Å². The molecule has 0 heterocycles. The minimum atomic E-state index is -0.786. The summed E-state index contributed by atoms with van der Waals surface area (Å²) in [5, 5.41) is 14.9. The van der Waals surface area contributed by atoms with Crippen LogP contribution in [0.2, 0.25) is 0 Å². The lowest BCUT2D eigenvalue weighted by Gasteiger charge is -2.50. The van der Waals surface area contributed by atoms with E-state index in [2.05, 4.69) is 77.7 Å². The molecule has 156 valence electrons. The van der Waals surface area contributed by atoms with Gasteiger partial charge in [0.1, 0.15) is 5.75 Å². The predicted octanol–water partition coefficient (Wildman–Crippen LogP) is 4.49. The Labute approximate surface area is 167 Å². The largest absolute Gasteiger partial charge is 0.496 e. The van der Waals surface area contributed by atoms with E-state index in [-0.39, 0.29) is 16.9 Å². The molecule has 0 unspecified atom stereocenters. The first-order valence-corrected chi connectivity index (χ1v) is 10.2. The fourth-order valence-electron chi connectivity index (χ4n) is 3.98. The predicted molar refractivity (Wildman–Crippen MR) is 115 cm³/mol. The lowest BCUT2D eigenvalue weighted by Crippen LogP contribution is -2.59. The van der Waals surface area contributed by atoms with E-state index in [0.29, 0.717) is 6.54 Å². The molecule has 4 heteroatoms. The molecule has 27 heavy (non-hydrogen) atoms. The summed E-state index contributed by atoms with van der Waals surface area (Å²) in [4.78, 5) is 2.43. The first kappa shape index (κ1) is 23.9. The van der Waals surface area contributed by atoms with Crippen LogP contribution in [0, 0.1) is 10.8 Å². The van der Waals surface area contributed by atoms with Crippen LogP contribution in [0.25, 0.3) is 0 Å². The first-order chi connectivity index (χ1) is 12.4. The zero-order valence-electron chi connectivity index (χ0n) is 19.0. The van der Waals surface area contributed by atoms with Crippen molar-refractivity contribution in [2.75, 3.05) is 33.3 Å². The Morgan fingerprint density at radius 3 is 2.11 bits per heavy atom. The van der Waals surface area contributed by atoms with E-state index in [1.807, 2.05) is 12.1 Å². The van der Waals surface area contributed by atoms with Crippen LogP contribution in [0.4, 0.5) is 0 Å². The number of hydrogen-bond donors (Lipinski definition) is 2. The molecule has 0 aliphatic rings. The third-order valence-corrected chi connectivity index (χ3v) is 5.98. The van der Waals surface area contributed by atoms with Gasteiger partial charge in [-0.25, -0.2) is 0 Å². The van der Waals surface area contributed by atoms with Crippen LogP contribution < -0.4 is 10.1 Å². The van der Waals surface area contributed by atoms with Crippen LogP contribution in [-0.4, -0.2) is 48.9 Å². The van der Waals surface area contributed by atoms with Crippen molar-refractivity contribution in [3.8, 4) is 5.75 Å². The van der Waals surface area contributed by atoms with Crippen LogP contribution in [0.5, 0.6) is 5.75 Å². The topological polar surface area (TPSA) is 44.7 Å². The van der Waals surface area contributed by atoms with Crippen LogP contribution >= 0.6 is 0 Å². The van der Waals surface area contributed by atoms with Crippen LogP contribution in [0.3, 0.4) is 0 Å². The van der Waals surface area contributed by atoms with Crippen molar-refractivity contribution in [3.05, 3.63) is 29.8 Å². The van der Waals surface area contributed by atoms with E-state index < -0.39 is 5.60 Å². The van der Waals surface area contributed by atoms with E-state index >= 15 is 0 Å². The Morgan fingerprint density at radius 2 is 1.63 bits per heavy atom. The number of likely N-dealkylation sites (N-methyl/N-ethyl adjacent to an activating group) is 1. The van der Waals surface area contributed by atoms with Gasteiger partial charge >= 0.3 is 0 Å². The van der Waals surface area contributed by atoms with E-state index in [4.69, 9.17) is 4.74 Å². The van der Waals surface area contributed by atoms with Crippen molar-refractivity contribution in [3.63, 3.8) is 0 Å². The monoisotopic (exact) mass is 378 g/mol. The third-order valence-electron chi connectivity index (χ3n) is 5.98. The number of nitrogens with one attached hydrogen (secondary N) is 1. The second-order valence-electron chi connectivity index (χ2n) is 9.58. The molecule has 1 rings (SSSR count). The average Bonchev–Trinajstić information content (AvgIpc) is 2.59. The Kier molecular flexibility index (Phi) is 8.33. The fraction of sp³-hybridized carbons (Fsp3) is 0.739. The molecule has 1 aromatic rings. The molecule has 1 atom stereocenters. The fourth-order valence-corrected chi connectivity index (χ4v) is 3.98. The van der Waals surface area contributed by atoms with Gasteiger partial charge in [0.15, 0.2) is 0 Å². The second kappa shape index (κ2) is 9.40. The molecule has 0 saturated carbocycles. The highest BCUT2D eigenvalue weighted by Gasteiger charge is 2.48. The number of hydrogen-bond acceptors (Lipinski definition) is 4. The van der Waals surface area contributed by atoms with Gasteiger partial charge in [-0.1, -0.05) is 66.7 Å². The molecular formula is C23H42N2O2. The molecule has 0 bridgehead atoms. The highest BCUT2D eigenvalue weighted by molar-refractivity contribution is 5.35. The van der Waals surface area contributed by atoms with Gasteiger partial charge in [-0.05, 0) is 30.4 Å². The first-order valence-electron chi connectivity index (χ1n) is 10.2. The number of methoxy groups -OCH3 is 1. The van der Waals surface area contributed by atoms with Crippen molar-refractivity contribution >= 4 is 0 Å². The van der Waals surface area contributed by atoms with Gasteiger partial charge in [0.2, 0.25) is 0 Å². The molecule has 0 spiro atoms. The van der Waals surface area contributed by atoms with Crippen molar-refractivity contribution in [1.82, 2.24) is 10.2 Å². The Hall–Kier alpha value is -1.10. The summed E-state index contributed by atoms with van der Waals surface area (Å²) in [6.07, 6.45) is 0. The Bertz CT molecular complexity index is 558. The van der Waals surface area contributed by atoms with Crippen molar-refractivity contribution in [2.24, 2.45) is 10.8 Å². The zero-order chi connectivity index (χ0) is 20.9. The summed E-state index contributed by atoms with van der Waals surface area (Å²) < 4.78 is 5.53. The summed E-state index contributed by atoms with van der Waals surface area (Å²) in [5.74, 6) is 0.936. The van der Waals surface area contributed by atoms with E-state index in [9.17, 15) is 5.11 Å². The highest BCUT2D eigenvalue weighted by Crippen LogP contribution is 2.43. The summed E-state index contributed by atoms with van der Waals surface area (Å²) in [6, 6.07) is 8.50. The van der Waals surface area contributed by atoms with Crippen molar-refractivity contribution in [2.45, 2.75) is 67.0 Å². The summed E-state index contributed by atoms with van der Waals surface area (Å²) in [6.45, 7) is 20.4. The molecular weight excluding hydrogens is 336 g/mol. The van der Waals surface area contributed by atoms with Crippen molar-refractivity contribution in [1.29, 1.82) is 0 Å². The summed E-state index contributed by atoms with van der Waals surface area (Å²) >= 11 is 0. The van der Waals surface area contributed by atoms with Gasteiger partial charge in [-0.15, -0.1) is 0 Å². The average molecular weight is 379 g/mol. The summed E-state index contributed by atoms with van der Waals surface area (Å²) in [5.41, 5.74) is 0.0225. The molecule has 2 N–H and O–H groups in total. The minimum absolute atomic E-state index is 0.201. The molecule has 0 amide bonds. The maximum atomic E-state index is 11.4. The quantitative estimate of drug-likeness (QED) is 0.622. The standard InChI is InChI=1S/C23H42N2O2/c1-10-25(18(2)19-13-11-12-14-20(19)27-9)16-15-24-17-23(26,21(3,4)5)22(6,7)8/h11-14,18,24,26H,10,15-17H2,1-9H3/t18-/m0/s1. The van der Waals surface area contributed by atoms with Crippen LogP contribution in [0.15, 0.2) is 24.3 Å². The second-order valence-corrected chi connectivity index (χ2v) is 9.58. The number of benzene rings is 1. The van der Waals surface area contributed by atoms with Gasteiger partial charge in [-0.2, -0.15) is 0 Å². The van der Waals surface area contributed by atoms with E-state index in [1.54, 1.807) is 7.11 Å². The molecule has 1 aromatic carbocycles. The molecule has 4 nitrogen and oxygen atoms in total. The van der Waals surface area contributed by atoms with Gasteiger partial charge < -0.3 is 15.2 Å². The molecule has 0 fully saturated rings. The zero-order valence-corrected chi connectivity index (χ0v) is 19.0. The van der Waals surface area contributed by atoms with Gasteiger partial charge in [0, 0.05) is 31.2 Å². The summed E-state index contributed by atoms with van der Waals surface area (Å²) in [7, 11) is 1.73. The number of ether oxygens (including phenoxy) is 1. The maximum absolute atomic E-state index is 11.4. The molecule has 0 aliphatic carbocycles. The number of para-hydroxylation sites is 1. The smallest absolute Gasteiger partial charge is 0.123 e. The minimum Gasteiger partial charge on any atom is -0.496 e. The molecule has 0 aliphatic heterocycles.